The molecule has 1 aromatic rings. The van der Waals surface area contributed by atoms with Gasteiger partial charge in [-0.15, -0.1) is 0 Å². The molecule has 0 aliphatic carbocycles. The van der Waals surface area contributed by atoms with E-state index in [1.807, 2.05) is 0 Å². The Morgan fingerprint density at radius 2 is 2.10 bits per heavy atom. The average molecular weight is 289 g/mol. The summed E-state index contributed by atoms with van der Waals surface area (Å²) >= 11 is 0. The fraction of sp³-hybridized carbons (Fsp3) is 0.588. The minimum Gasteiger partial charge on any atom is -0.380 e. The summed E-state index contributed by atoms with van der Waals surface area (Å²) in [6.07, 6.45) is 0. The molecule has 0 atom stereocenters. The van der Waals surface area contributed by atoms with E-state index in [0.717, 1.165) is 38.8 Å². The molecule has 2 rings (SSSR count). The Morgan fingerprint density at radius 3 is 2.67 bits per heavy atom. The summed E-state index contributed by atoms with van der Waals surface area (Å²) in [6.45, 7) is 10.7. The summed E-state index contributed by atoms with van der Waals surface area (Å²) in [6, 6.07) is 8.50. The van der Waals surface area contributed by atoms with Crippen LogP contribution in [0.4, 0.5) is 0 Å². The number of nitrogens with one attached hydrogen (secondary N) is 1. The Labute approximate surface area is 128 Å². The summed E-state index contributed by atoms with van der Waals surface area (Å²) in [5.41, 5.74) is 2.87. The molecule has 116 valence electrons. The minimum absolute atomic E-state index is 0.212. The quantitative estimate of drug-likeness (QED) is 0.668. The van der Waals surface area contributed by atoms with Crippen LogP contribution in [0.2, 0.25) is 0 Å². The van der Waals surface area contributed by atoms with Gasteiger partial charge >= 0.3 is 0 Å². The van der Waals surface area contributed by atoms with Gasteiger partial charge in [-0.3, -0.25) is 4.99 Å². The zero-order valence-corrected chi connectivity index (χ0v) is 13.6. The monoisotopic (exact) mass is 289 g/mol. The standard InChI is InChI=1S/C17H27N3O/c1-5-18-16(19-11-17(3)12-21-13-17)20(4)10-15-9-7-6-8-14(15)2/h6-9H,5,10-13H2,1-4H3,(H,18,19). The van der Waals surface area contributed by atoms with Crippen LogP contribution in [-0.2, 0) is 11.3 Å². The number of guanidine groups is 1. The van der Waals surface area contributed by atoms with Gasteiger partial charge in [0.15, 0.2) is 5.96 Å². The molecule has 1 N–H and O–H groups in total. The summed E-state index contributed by atoms with van der Waals surface area (Å²) in [4.78, 5) is 6.97. The zero-order chi connectivity index (χ0) is 15.3. The van der Waals surface area contributed by atoms with Crippen molar-refractivity contribution in [1.82, 2.24) is 10.2 Å². The number of hydrogen-bond donors (Lipinski definition) is 1. The van der Waals surface area contributed by atoms with Crippen LogP contribution in [0.1, 0.15) is 25.0 Å². The zero-order valence-electron chi connectivity index (χ0n) is 13.6. The second kappa shape index (κ2) is 6.94. The average Bonchev–Trinajstić information content (AvgIpc) is 2.43. The molecule has 1 aliphatic heterocycles. The van der Waals surface area contributed by atoms with Crippen molar-refractivity contribution in [2.75, 3.05) is 33.4 Å². The maximum atomic E-state index is 5.30. The summed E-state index contributed by atoms with van der Waals surface area (Å²) in [5.74, 6) is 0.967. The first kappa shape index (κ1) is 15.8. The number of rotatable bonds is 5. The molecule has 0 spiro atoms. The number of aryl methyl sites for hydroxylation is 1. The molecule has 0 radical (unpaired) electrons. The second-order valence-corrected chi connectivity index (χ2v) is 6.26. The molecule has 1 heterocycles. The summed E-state index contributed by atoms with van der Waals surface area (Å²) in [7, 11) is 2.09. The molecule has 1 saturated heterocycles. The highest BCUT2D eigenvalue weighted by atomic mass is 16.5. The first-order chi connectivity index (χ1) is 10.0. The predicted molar refractivity (Wildman–Crippen MR) is 87.6 cm³/mol. The van der Waals surface area contributed by atoms with E-state index in [1.165, 1.54) is 11.1 Å². The van der Waals surface area contributed by atoms with Crippen molar-refractivity contribution in [3.63, 3.8) is 0 Å². The lowest BCUT2D eigenvalue weighted by Crippen LogP contribution is -2.44. The van der Waals surface area contributed by atoms with E-state index >= 15 is 0 Å². The molecule has 0 aromatic heterocycles. The number of benzene rings is 1. The lowest BCUT2D eigenvalue weighted by molar-refractivity contribution is -0.0946. The maximum Gasteiger partial charge on any atom is 0.193 e. The van der Waals surface area contributed by atoms with Crippen molar-refractivity contribution in [1.29, 1.82) is 0 Å². The van der Waals surface area contributed by atoms with E-state index in [0.29, 0.717) is 0 Å². The third kappa shape index (κ3) is 4.21. The van der Waals surface area contributed by atoms with Gasteiger partial charge in [-0.1, -0.05) is 31.2 Å². The van der Waals surface area contributed by atoms with E-state index in [1.54, 1.807) is 0 Å². The van der Waals surface area contributed by atoms with Gasteiger partial charge in [-0.25, -0.2) is 0 Å². The topological polar surface area (TPSA) is 36.9 Å². The number of hydrogen-bond acceptors (Lipinski definition) is 2. The minimum atomic E-state index is 0.212. The van der Waals surface area contributed by atoms with Crippen LogP contribution in [0, 0.1) is 12.3 Å². The van der Waals surface area contributed by atoms with Gasteiger partial charge < -0.3 is 15.0 Å². The molecule has 0 saturated carbocycles. The number of ether oxygens (including phenoxy) is 1. The maximum absolute atomic E-state index is 5.30. The highest BCUT2D eigenvalue weighted by molar-refractivity contribution is 5.79. The fourth-order valence-electron chi connectivity index (χ4n) is 2.40. The lowest BCUT2D eigenvalue weighted by Gasteiger charge is -2.37. The van der Waals surface area contributed by atoms with E-state index in [9.17, 15) is 0 Å². The van der Waals surface area contributed by atoms with E-state index in [4.69, 9.17) is 9.73 Å². The van der Waals surface area contributed by atoms with Crippen LogP contribution in [0.25, 0.3) is 0 Å². The van der Waals surface area contributed by atoms with Crippen molar-refractivity contribution < 1.29 is 4.74 Å². The molecule has 4 heteroatoms. The molecular formula is C17H27N3O. The van der Waals surface area contributed by atoms with Crippen molar-refractivity contribution >= 4 is 5.96 Å². The highest BCUT2D eigenvalue weighted by Crippen LogP contribution is 2.26. The number of aliphatic imine (C=N–C) groups is 1. The Hall–Kier alpha value is -1.55. The Balaban J connectivity index is 2.02. The third-order valence-corrected chi connectivity index (χ3v) is 3.88. The predicted octanol–water partition coefficient (Wildman–Crippen LogP) is 2.43. The van der Waals surface area contributed by atoms with Gasteiger partial charge in [0.1, 0.15) is 0 Å². The number of nitrogens with zero attached hydrogens (tertiary/aromatic N) is 2. The molecule has 0 unspecified atom stereocenters. The van der Waals surface area contributed by atoms with Crippen molar-refractivity contribution in [3.8, 4) is 0 Å². The van der Waals surface area contributed by atoms with Crippen LogP contribution in [-0.4, -0.2) is 44.2 Å². The largest absolute Gasteiger partial charge is 0.380 e. The summed E-state index contributed by atoms with van der Waals surface area (Å²) < 4.78 is 5.30. The van der Waals surface area contributed by atoms with Gasteiger partial charge in [0.05, 0.1) is 19.8 Å². The van der Waals surface area contributed by atoms with Gasteiger partial charge in [0.2, 0.25) is 0 Å². The first-order valence-electron chi connectivity index (χ1n) is 7.66. The Morgan fingerprint density at radius 1 is 1.38 bits per heavy atom. The van der Waals surface area contributed by atoms with E-state index in [-0.39, 0.29) is 5.41 Å². The molecule has 0 bridgehead atoms. The van der Waals surface area contributed by atoms with E-state index in [2.05, 4.69) is 62.3 Å². The van der Waals surface area contributed by atoms with Crippen LogP contribution in [0.15, 0.2) is 29.3 Å². The van der Waals surface area contributed by atoms with Gasteiger partial charge in [0, 0.05) is 25.6 Å². The SMILES string of the molecule is CCNC(=NCC1(C)COC1)N(C)Cc1ccccc1C. The van der Waals surface area contributed by atoms with Crippen LogP contribution in [0.5, 0.6) is 0 Å². The smallest absolute Gasteiger partial charge is 0.193 e. The molecule has 21 heavy (non-hydrogen) atoms. The molecule has 1 aliphatic rings. The Kier molecular flexibility index (Phi) is 5.23. The molecule has 0 amide bonds. The molecular weight excluding hydrogens is 262 g/mol. The fourth-order valence-corrected chi connectivity index (χ4v) is 2.40. The molecule has 1 fully saturated rings. The molecule has 4 nitrogen and oxygen atoms in total. The van der Waals surface area contributed by atoms with Crippen LogP contribution >= 0.6 is 0 Å². The Bertz CT molecular complexity index is 495. The van der Waals surface area contributed by atoms with E-state index < -0.39 is 0 Å². The third-order valence-electron chi connectivity index (χ3n) is 3.88. The van der Waals surface area contributed by atoms with Gasteiger partial charge in [-0.2, -0.15) is 0 Å². The lowest BCUT2D eigenvalue weighted by atomic mass is 9.89. The van der Waals surface area contributed by atoms with Crippen molar-refractivity contribution in [2.24, 2.45) is 10.4 Å². The van der Waals surface area contributed by atoms with Crippen molar-refractivity contribution in [2.45, 2.75) is 27.3 Å². The second-order valence-electron chi connectivity index (χ2n) is 6.26. The summed E-state index contributed by atoms with van der Waals surface area (Å²) in [5, 5.41) is 3.38. The highest BCUT2D eigenvalue weighted by Gasteiger charge is 2.33. The van der Waals surface area contributed by atoms with Gasteiger partial charge in [-0.05, 0) is 25.0 Å². The first-order valence-corrected chi connectivity index (χ1v) is 7.66. The molecule has 1 aromatic carbocycles. The normalized spacial score (nSPS) is 17.2. The van der Waals surface area contributed by atoms with Crippen LogP contribution in [0.3, 0.4) is 0 Å². The van der Waals surface area contributed by atoms with Gasteiger partial charge in [0.25, 0.3) is 0 Å². The van der Waals surface area contributed by atoms with Crippen LogP contribution < -0.4 is 5.32 Å². The van der Waals surface area contributed by atoms with Crippen molar-refractivity contribution in [3.05, 3.63) is 35.4 Å².